The van der Waals surface area contributed by atoms with Gasteiger partial charge in [-0.05, 0) is 23.3 Å². The van der Waals surface area contributed by atoms with Crippen LogP contribution in [0.1, 0.15) is 11.1 Å². The minimum atomic E-state index is -2.96. The van der Waals surface area contributed by atoms with Crippen molar-refractivity contribution in [2.75, 3.05) is 0 Å². The Labute approximate surface area is 86.4 Å². The lowest BCUT2D eigenvalue weighted by atomic mass is 10.1. The zero-order chi connectivity index (χ0) is 9.64. The van der Waals surface area contributed by atoms with Crippen LogP contribution in [-0.2, 0) is 21.3 Å². The van der Waals surface area contributed by atoms with Gasteiger partial charge in [0.2, 0.25) is 0 Å². The monoisotopic (exact) mass is 236 g/mol. The molecule has 1 aliphatic rings. The molecule has 70 valence electrons. The van der Waals surface area contributed by atoms with Gasteiger partial charge < -0.3 is 0 Å². The largest absolute Gasteiger partial charge is 0.228 e. The quantitative estimate of drug-likeness (QED) is 0.694. The van der Waals surface area contributed by atoms with E-state index in [-0.39, 0.29) is 11.5 Å². The molecule has 0 N–H and O–H groups in total. The molecule has 0 atom stereocenters. The summed E-state index contributed by atoms with van der Waals surface area (Å²) >= 11 is 11.5. The molecule has 0 aliphatic carbocycles. The molecule has 1 aromatic carbocycles. The van der Waals surface area contributed by atoms with Gasteiger partial charge in [-0.1, -0.05) is 23.2 Å². The van der Waals surface area contributed by atoms with Gasteiger partial charge in [-0.3, -0.25) is 0 Å². The summed E-state index contributed by atoms with van der Waals surface area (Å²) in [7, 11) is -2.96. The minimum absolute atomic E-state index is 0.0826. The van der Waals surface area contributed by atoms with Crippen LogP contribution in [0.5, 0.6) is 0 Å². The van der Waals surface area contributed by atoms with E-state index in [9.17, 15) is 8.42 Å². The van der Waals surface area contributed by atoms with Gasteiger partial charge in [0.15, 0.2) is 9.84 Å². The summed E-state index contributed by atoms with van der Waals surface area (Å²) in [4.78, 5) is 0. The highest BCUT2D eigenvalue weighted by molar-refractivity contribution is 7.90. The lowest BCUT2D eigenvalue weighted by molar-refractivity contribution is 0.598. The lowest BCUT2D eigenvalue weighted by Gasteiger charge is -1.99. The Kier molecular flexibility index (Phi) is 2.06. The number of sulfone groups is 1. The molecule has 5 heteroatoms. The molecule has 0 amide bonds. The van der Waals surface area contributed by atoms with E-state index < -0.39 is 9.84 Å². The van der Waals surface area contributed by atoms with Crippen molar-refractivity contribution in [1.82, 2.24) is 0 Å². The highest BCUT2D eigenvalue weighted by Gasteiger charge is 2.25. The summed E-state index contributed by atoms with van der Waals surface area (Å²) in [5, 5.41) is 0.829. The molecule has 1 aliphatic heterocycles. The first-order chi connectivity index (χ1) is 5.98. The smallest absolute Gasteiger partial charge is 0.158 e. The second-order valence-corrected chi connectivity index (χ2v) is 5.95. The van der Waals surface area contributed by atoms with Crippen molar-refractivity contribution >= 4 is 33.0 Å². The Morgan fingerprint density at radius 1 is 1.00 bits per heavy atom. The molecule has 13 heavy (non-hydrogen) atoms. The molecule has 0 saturated heterocycles. The van der Waals surface area contributed by atoms with E-state index in [0.717, 1.165) is 11.1 Å². The SMILES string of the molecule is O=S1(=O)Cc2cc(Cl)c(Cl)cc2C1. The summed E-state index contributed by atoms with van der Waals surface area (Å²) in [5.41, 5.74) is 1.55. The van der Waals surface area contributed by atoms with Crippen LogP contribution in [0.25, 0.3) is 0 Å². The van der Waals surface area contributed by atoms with Gasteiger partial charge in [0, 0.05) is 0 Å². The van der Waals surface area contributed by atoms with E-state index in [4.69, 9.17) is 23.2 Å². The fourth-order valence-corrected chi connectivity index (χ4v) is 3.38. The maximum absolute atomic E-state index is 11.2. The molecular weight excluding hydrogens is 231 g/mol. The Hall–Kier alpha value is -0.250. The molecule has 2 nitrogen and oxygen atoms in total. The summed E-state index contributed by atoms with van der Waals surface area (Å²) in [6, 6.07) is 3.26. The maximum Gasteiger partial charge on any atom is 0.158 e. The number of fused-ring (bicyclic) bond motifs is 1. The molecule has 0 spiro atoms. The highest BCUT2D eigenvalue weighted by atomic mass is 35.5. The minimum Gasteiger partial charge on any atom is -0.228 e. The third kappa shape index (κ3) is 1.68. The van der Waals surface area contributed by atoms with Crippen LogP contribution >= 0.6 is 23.2 Å². The third-order valence-corrected chi connectivity index (χ3v) is 4.22. The van der Waals surface area contributed by atoms with Crippen molar-refractivity contribution < 1.29 is 8.42 Å². The molecule has 0 radical (unpaired) electrons. The molecule has 0 aromatic heterocycles. The fraction of sp³-hybridized carbons (Fsp3) is 0.250. The second-order valence-electron chi connectivity index (χ2n) is 3.07. The summed E-state index contributed by atoms with van der Waals surface area (Å²) in [6.45, 7) is 0. The Morgan fingerprint density at radius 3 is 1.77 bits per heavy atom. The van der Waals surface area contributed by atoms with Gasteiger partial charge in [-0.15, -0.1) is 0 Å². The summed E-state index contributed by atoms with van der Waals surface area (Å²) in [5.74, 6) is 0.165. The second kappa shape index (κ2) is 2.87. The summed E-state index contributed by atoms with van der Waals surface area (Å²) < 4.78 is 22.4. The number of benzene rings is 1. The van der Waals surface area contributed by atoms with Crippen LogP contribution < -0.4 is 0 Å². The van der Waals surface area contributed by atoms with E-state index in [1.807, 2.05) is 0 Å². The van der Waals surface area contributed by atoms with E-state index in [0.29, 0.717) is 10.0 Å². The third-order valence-electron chi connectivity index (χ3n) is 1.99. The average molecular weight is 237 g/mol. The van der Waals surface area contributed by atoms with Gasteiger partial charge in [-0.25, -0.2) is 8.42 Å². The van der Waals surface area contributed by atoms with Crippen molar-refractivity contribution in [3.05, 3.63) is 33.3 Å². The van der Waals surface area contributed by atoms with Gasteiger partial charge in [-0.2, -0.15) is 0 Å². The number of hydrogen-bond donors (Lipinski definition) is 0. The lowest BCUT2D eigenvalue weighted by Crippen LogP contribution is -1.95. The zero-order valence-corrected chi connectivity index (χ0v) is 8.88. The van der Waals surface area contributed by atoms with Crippen molar-refractivity contribution in [1.29, 1.82) is 0 Å². The highest BCUT2D eigenvalue weighted by Crippen LogP contribution is 2.32. The van der Waals surface area contributed by atoms with Crippen molar-refractivity contribution in [2.24, 2.45) is 0 Å². The normalized spacial score (nSPS) is 18.6. The predicted molar refractivity (Wildman–Crippen MR) is 52.8 cm³/mol. The van der Waals surface area contributed by atoms with E-state index in [1.54, 1.807) is 12.1 Å². The fourth-order valence-electron chi connectivity index (χ4n) is 1.42. The van der Waals surface area contributed by atoms with Crippen LogP contribution in [-0.4, -0.2) is 8.42 Å². The molecule has 0 bridgehead atoms. The molecule has 0 unspecified atom stereocenters. The van der Waals surface area contributed by atoms with Gasteiger partial charge in [0.25, 0.3) is 0 Å². The molecule has 1 aromatic rings. The Morgan fingerprint density at radius 2 is 1.38 bits per heavy atom. The number of hydrogen-bond acceptors (Lipinski definition) is 2. The topological polar surface area (TPSA) is 34.1 Å². The number of rotatable bonds is 0. The Balaban J connectivity index is 2.60. The van der Waals surface area contributed by atoms with Crippen molar-refractivity contribution in [2.45, 2.75) is 11.5 Å². The number of halogens is 2. The zero-order valence-electron chi connectivity index (χ0n) is 6.55. The standard InChI is InChI=1S/C8H6Cl2O2S/c9-7-1-5-3-13(11,12)4-6(5)2-8(7)10/h1-2H,3-4H2. The van der Waals surface area contributed by atoms with Gasteiger partial charge in [0.05, 0.1) is 21.6 Å². The predicted octanol–water partition coefficient (Wildman–Crippen LogP) is 2.42. The molecule has 2 rings (SSSR count). The first kappa shape index (κ1) is 9.31. The molecule has 1 heterocycles. The van der Waals surface area contributed by atoms with Crippen LogP contribution in [0.15, 0.2) is 12.1 Å². The first-order valence-corrected chi connectivity index (χ1v) is 6.23. The van der Waals surface area contributed by atoms with Crippen molar-refractivity contribution in [3.8, 4) is 0 Å². The molecule has 0 fully saturated rings. The maximum atomic E-state index is 11.2. The van der Waals surface area contributed by atoms with Crippen LogP contribution in [0, 0.1) is 0 Å². The Bertz CT molecular complexity index is 428. The average Bonchev–Trinajstić information content (AvgIpc) is 2.24. The van der Waals surface area contributed by atoms with Gasteiger partial charge in [0.1, 0.15) is 0 Å². The van der Waals surface area contributed by atoms with Crippen molar-refractivity contribution in [3.63, 3.8) is 0 Å². The molecule has 0 saturated carbocycles. The van der Waals surface area contributed by atoms with Crippen LogP contribution in [0.2, 0.25) is 10.0 Å². The van der Waals surface area contributed by atoms with E-state index in [1.165, 1.54) is 0 Å². The first-order valence-electron chi connectivity index (χ1n) is 3.65. The van der Waals surface area contributed by atoms with Gasteiger partial charge >= 0.3 is 0 Å². The van der Waals surface area contributed by atoms with Crippen LogP contribution in [0.3, 0.4) is 0 Å². The van der Waals surface area contributed by atoms with E-state index >= 15 is 0 Å². The molecular formula is C8H6Cl2O2S. The van der Waals surface area contributed by atoms with E-state index in [2.05, 4.69) is 0 Å². The summed E-state index contributed by atoms with van der Waals surface area (Å²) in [6.07, 6.45) is 0. The van der Waals surface area contributed by atoms with Crippen LogP contribution in [0.4, 0.5) is 0 Å².